The highest BCUT2D eigenvalue weighted by atomic mass is 35.5. The number of rotatable bonds is 2. The Morgan fingerprint density at radius 3 is 2.11 bits per heavy atom. The number of halogens is 3. The zero-order valence-corrected chi connectivity index (χ0v) is 11.6. The van der Waals surface area contributed by atoms with E-state index >= 15 is 0 Å². The molecule has 0 atom stereocenters. The number of hydrogen-bond acceptors (Lipinski definition) is 3. The lowest BCUT2D eigenvalue weighted by atomic mass is 10.2. The van der Waals surface area contributed by atoms with Gasteiger partial charge in [-0.05, 0) is 32.4 Å². The molecular formula is C11H19ClF2N2O2. The van der Waals surface area contributed by atoms with Crippen LogP contribution in [0.1, 0.15) is 20.8 Å². The van der Waals surface area contributed by atoms with Crippen LogP contribution < -0.4 is 0 Å². The lowest BCUT2D eigenvalue weighted by molar-refractivity contribution is 0.00110. The van der Waals surface area contributed by atoms with Crippen molar-refractivity contribution in [3.63, 3.8) is 0 Å². The molecule has 18 heavy (non-hydrogen) atoms. The van der Waals surface area contributed by atoms with Crippen LogP contribution in [0.2, 0.25) is 0 Å². The number of carbonyl (C=O) groups is 1. The van der Waals surface area contributed by atoms with E-state index in [1.54, 1.807) is 20.8 Å². The number of hydrogen-bond donors (Lipinski definition) is 0. The van der Waals surface area contributed by atoms with E-state index in [-0.39, 0.29) is 0 Å². The summed E-state index contributed by atoms with van der Waals surface area (Å²) in [5, 5.41) is -3.21. The maximum Gasteiger partial charge on any atom is 0.410 e. The van der Waals surface area contributed by atoms with E-state index in [0.717, 1.165) is 0 Å². The Kier molecular flexibility index (Phi) is 4.78. The van der Waals surface area contributed by atoms with Crippen LogP contribution >= 0.6 is 11.6 Å². The summed E-state index contributed by atoms with van der Waals surface area (Å²) >= 11 is 4.87. The van der Waals surface area contributed by atoms with Gasteiger partial charge in [0.25, 0.3) is 0 Å². The van der Waals surface area contributed by atoms with Crippen LogP contribution in [-0.2, 0) is 4.74 Å². The average Bonchev–Trinajstić information content (AvgIpc) is 2.13. The molecule has 7 heteroatoms. The first-order valence-electron chi connectivity index (χ1n) is 5.84. The summed E-state index contributed by atoms with van der Waals surface area (Å²) in [7, 11) is 0. The van der Waals surface area contributed by atoms with Crippen LogP contribution in [0, 0.1) is 0 Å². The van der Waals surface area contributed by atoms with Gasteiger partial charge in [-0.3, -0.25) is 4.90 Å². The Hall–Kier alpha value is -0.620. The number of alkyl halides is 3. The monoisotopic (exact) mass is 284 g/mol. The van der Waals surface area contributed by atoms with Crippen molar-refractivity contribution in [3.8, 4) is 0 Å². The maximum atomic E-state index is 12.6. The van der Waals surface area contributed by atoms with Gasteiger partial charge in [0.2, 0.25) is 0 Å². The van der Waals surface area contributed by atoms with E-state index in [9.17, 15) is 13.6 Å². The van der Waals surface area contributed by atoms with E-state index in [1.165, 1.54) is 9.80 Å². The normalized spacial score (nSPS) is 18.9. The summed E-state index contributed by atoms with van der Waals surface area (Å²) in [4.78, 5) is 14.8. The average molecular weight is 285 g/mol. The number of nitrogens with zero attached hydrogens (tertiary/aromatic N) is 2. The van der Waals surface area contributed by atoms with Crippen molar-refractivity contribution in [2.45, 2.75) is 31.8 Å². The molecule has 0 aliphatic carbocycles. The summed E-state index contributed by atoms with van der Waals surface area (Å²) in [5.41, 5.74) is -0.544. The Labute approximate surface area is 111 Å². The molecule has 0 bridgehead atoms. The van der Waals surface area contributed by atoms with E-state index in [0.29, 0.717) is 26.2 Å². The number of ether oxygens (including phenoxy) is 1. The van der Waals surface area contributed by atoms with Crippen LogP contribution in [0.5, 0.6) is 0 Å². The van der Waals surface area contributed by atoms with Crippen LogP contribution in [-0.4, -0.2) is 59.6 Å². The van der Waals surface area contributed by atoms with Crippen LogP contribution in [0.15, 0.2) is 0 Å². The van der Waals surface area contributed by atoms with Crippen molar-refractivity contribution in [3.05, 3.63) is 0 Å². The second kappa shape index (κ2) is 5.57. The van der Waals surface area contributed by atoms with Gasteiger partial charge >= 0.3 is 11.5 Å². The van der Waals surface area contributed by atoms with E-state index in [4.69, 9.17) is 16.3 Å². The fraction of sp³-hybridized carbons (Fsp3) is 0.909. The first-order valence-corrected chi connectivity index (χ1v) is 6.22. The van der Waals surface area contributed by atoms with E-state index < -0.39 is 23.6 Å². The molecule has 4 nitrogen and oxygen atoms in total. The van der Waals surface area contributed by atoms with Crippen molar-refractivity contribution in [2.24, 2.45) is 0 Å². The molecule has 1 aliphatic heterocycles. The molecule has 0 unspecified atom stereocenters. The minimum atomic E-state index is -3.21. The number of piperazine rings is 1. The first kappa shape index (κ1) is 15.4. The SMILES string of the molecule is CC(C)(C)OC(=O)N1CCN(CC(F)(F)Cl)CC1. The van der Waals surface area contributed by atoms with E-state index in [2.05, 4.69) is 0 Å². The second-order valence-electron chi connectivity index (χ2n) is 5.36. The number of carbonyl (C=O) groups excluding carboxylic acids is 1. The maximum absolute atomic E-state index is 12.6. The molecule has 1 heterocycles. The Morgan fingerprint density at radius 1 is 1.22 bits per heavy atom. The van der Waals surface area contributed by atoms with Crippen molar-refractivity contribution in [1.82, 2.24) is 9.80 Å². The minimum Gasteiger partial charge on any atom is -0.444 e. The smallest absolute Gasteiger partial charge is 0.410 e. The molecular weight excluding hydrogens is 266 g/mol. The topological polar surface area (TPSA) is 32.8 Å². The fourth-order valence-electron chi connectivity index (χ4n) is 1.67. The highest BCUT2D eigenvalue weighted by molar-refractivity contribution is 6.21. The highest BCUT2D eigenvalue weighted by Crippen LogP contribution is 2.21. The van der Waals surface area contributed by atoms with Gasteiger partial charge in [0, 0.05) is 26.2 Å². The zero-order valence-electron chi connectivity index (χ0n) is 10.9. The third-order valence-electron chi connectivity index (χ3n) is 2.43. The molecule has 106 valence electrons. The molecule has 1 amide bonds. The van der Waals surface area contributed by atoms with Crippen LogP contribution in [0.25, 0.3) is 0 Å². The van der Waals surface area contributed by atoms with Gasteiger partial charge in [-0.25, -0.2) is 4.79 Å². The molecule has 0 radical (unpaired) electrons. The summed E-state index contributed by atoms with van der Waals surface area (Å²) < 4.78 is 30.4. The van der Waals surface area contributed by atoms with Gasteiger partial charge in [0.05, 0.1) is 6.54 Å². The minimum absolute atomic E-state index is 0.377. The third-order valence-corrected chi connectivity index (χ3v) is 2.55. The molecule has 0 N–H and O–H groups in total. The molecule has 0 aromatic heterocycles. The first-order chi connectivity index (χ1) is 8.07. The Balaban J connectivity index is 2.37. The van der Waals surface area contributed by atoms with Crippen molar-refractivity contribution in [2.75, 3.05) is 32.7 Å². The fourth-order valence-corrected chi connectivity index (χ4v) is 1.84. The van der Waals surface area contributed by atoms with Gasteiger partial charge in [-0.15, -0.1) is 0 Å². The van der Waals surface area contributed by atoms with Crippen LogP contribution in [0.4, 0.5) is 13.6 Å². The zero-order chi connectivity index (χ0) is 14.0. The lowest BCUT2D eigenvalue weighted by Crippen LogP contribution is -2.51. The highest BCUT2D eigenvalue weighted by Gasteiger charge is 2.32. The quantitative estimate of drug-likeness (QED) is 0.730. The summed E-state index contributed by atoms with van der Waals surface area (Å²) in [6.45, 7) is 6.38. The molecule has 0 aromatic carbocycles. The molecule has 0 saturated carbocycles. The summed E-state index contributed by atoms with van der Waals surface area (Å²) in [5.74, 6) is 0. The molecule has 0 spiro atoms. The van der Waals surface area contributed by atoms with Crippen molar-refractivity contribution < 1.29 is 18.3 Å². The molecule has 1 saturated heterocycles. The molecule has 1 fully saturated rings. The summed E-state index contributed by atoms with van der Waals surface area (Å²) in [6, 6.07) is 0. The molecule has 0 aromatic rings. The van der Waals surface area contributed by atoms with Crippen LogP contribution in [0.3, 0.4) is 0 Å². The van der Waals surface area contributed by atoms with Crippen molar-refractivity contribution in [1.29, 1.82) is 0 Å². The lowest BCUT2D eigenvalue weighted by Gasteiger charge is -2.36. The van der Waals surface area contributed by atoms with Crippen molar-refractivity contribution >= 4 is 17.7 Å². The third kappa shape index (κ3) is 5.82. The summed E-state index contributed by atoms with van der Waals surface area (Å²) in [6.07, 6.45) is -0.403. The second-order valence-corrected chi connectivity index (χ2v) is 5.91. The predicted molar refractivity (Wildman–Crippen MR) is 65.0 cm³/mol. The largest absolute Gasteiger partial charge is 0.444 e. The molecule has 1 rings (SSSR count). The Bertz CT molecular complexity index is 294. The van der Waals surface area contributed by atoms with Gasteiger partial charge in [-0.1, -0.05) is 0 Å². The van der Waals surface area contributed by atoms with E-state index in [1.807, 2.05) is 0 Å². The standard InChI is InChI=1S/C11H19ClF2N2O2/c1-10(2,3)18-9(17)16-6-4-15(5-7-16)8-11(12,13)14/h4-8H2,1-3H3. The number of amides is 1. The molecule has 1 aliphatic rings. The van der Waals surface area contributed by atoms with Gasteiger partial charge < -0.3 is 9.64 Å². The Morgan fingerprint density at radius 2 is 1.72 bits per heavy atom. The van der Waals surface area contributed by atoms with Gasteiger partial charge in [0.15, 0.2) is 0 Å². The van der Waals surface area contributed by atoms with Gasteiger partial charge in [0.1, 0.15) is 5.60 Å². The van der Waals surface area contributed by atoms with Gasteiger partial charge in [-0.2, -0.15) is 8.78 Å². The predicted octanol–water partition coefficient (Wildman–Crippen LogP) is 2.37.